The molecule has 0 aromatic rings. The average molecular weight is 256 g/mol. The number of hydrogen-bond acceptors (Lipinski definition) is 0. The molecule has 0 aromatic heterocycles. The summed E-state index contributed by atoms with van der Waals surface area (Å²) in [7, 11) is 0.403. The molecule has 4 atom stereocenters. The first-order chi connectivity index (χ1) is 8.24. The van der Waals surface area contributed by atoms with Gasteiger partial charge in [-0.2, -0.15) is 0 Å². The maximum atomic E-state index is 2.49. The van der Waals surface area contributed by atoms with E-state index in [1.54, 1.807) is 6.42 Å². The topological polar surface area (TPSA) is 0 Å². The molecule has 1 rings (SSSR count). The third-order valence-corrected chi connectivity index (χ3v) is 8.15. The van der Waals surface area contributed by atoms with Gasteiger partial charge in [-0.05, 0) is 42.7 Å². The molecule has 0 radical (unpaired) electrons. The van der Waals surface area contributed by atoms with Crippen LogP contribution in [0.1, 0.15) is 79.1 Å². The zero-order valence-electron chi connectivity index (χ0n) is 12.5. The van der Waals surface area contributed by atoms with E-state index in [1.165, 1.54) is 51.1 Å². The molecule has 0 spiro atoms. The Hall–Kier alpha value is 0.430. The van der Waals surface area contributed by atoms with Crippen molar-refractivity contribution in [3.8, 4) is 0 Å². The van der Waals surface area contributed by atoms with Gasteiger partial charge in [0.05, 0.1) is 0 Å². The smallest absolute Gasteiger partial charge is 0.0173 e. The van der Waals surface area contributed by atoms with Crippen LogP contribution in [0.15, 0.2) is 0 Å². The van der Waals surface area contributed by atoms with Crippen molar-refractivity contribution < 1.29 is 0 Å². The van der Waals surface area contributed by atoms with Gasteiger partial charge in [0.1, 0.15) is 0 Å². The zero-order valence-corrected chi connectivity index (χ0v) is 13.4. The van der Waals surface area contributed by atoms with Crippen LogP contribution in [0, 0.1) is 5.92 Å². The highest BCUT2D eigenvalue weighted by Gasteiger charge is 2.39. The van der Waals surface area contributed by atoms with Crippen LogP contribution >= 0.6 is 7.92 Å². The fourth-order valence-corrected chi connectivity index (χ4v) is 6.75. The minimum atomic E-state index is 0.403. The van der Waals surface area contributed by atoms with Gasteiger partial charge in [0, 0.05) is 0 Å². The molecule has 0 bridgehead atoms. The van der Waals surface area contributed by atoms with Crippen molar-refractivity contribution in [2.45, 2.75) is 90.4 Å². The van der Waals surface area contributed by atoms with Crippen LogP contribution in [-0.2, 0) is 0 Å². The SMILES string of the molecule is CCCCCC(CCCC)C1CC(C)P1CC. The molecule has 0 nitrogen and oxygen atoms in total. The number of hydrogen-bond donors (Lipinski definition) is 0. The molecule has 0 N–H and O–H groups in total. The number of rotatable bonds is 9. The molecule has 1 aliphatic rings. The Balaban J connectivity index is 2.38. The van der Waals surface area contributed by atoms with Gasteiger partial charge in [-0.3, -0.25) is 0 Å². The lowest BCUT2D eigenvalue weighted by molar-refractivity contribution is 0.368. The van der Waals surface area contributed by atoms with E-state index in [2.05, 4.69) is 27.7 Å². The largest absolute Gasteiger partial charge is 0.101 e. The standard InChI is InChI=1S/C16H33P/c1-5-8-10-12-15(11-9-6-2)16-13-14(4)17(16)7-3/h14-16H,5-13H2,1-4H3. The van der Waals surface area contributed by atoms with Gasteiger partial charge in [0.25, 0.3) is 0 Å². The molecule has 102 valence electrons. The van der Waals surface area contributed by atoms with E-state index >= 15 is 0 Å². The van der Waals surface area contributed by atoms with Gasteiger partial charge in [-0.25, -0.2) is 0 Å². The van der Waals surface area contributed by atoms with Crippen molar-refractivity contribution in [1.29, 1.82) is 0 Å². The summed E-state index contributed by atoms with van der Waals surface area (Å²) in [6.45, 7) is 9.59. The molecule has 1 heteroatoms. The minimum Gasteiger partial charge on any atom is -0.101 e. The monoisotopic (exact) mass is 256 g/mol. The lowest BCUT2D eigenvalue weighted by Gasteiger charge is -2.48. The molecule has 0 amide bonds. The quantitative estimate of drug-likeness (QED) is 0.349. The van der Waals surface area contributed by atoms with Gasteiger partial charge in [-0.1, -0.05) is 59.8 Å². The highest BCUT2D eigenvalue weighted by Crippen LogP contribution is 2.62. The molecule has 17 heavy (non-hydrogen) atoms. The van der Waals surface area contributed by atoms with Crippen molar-refractivity contribution in [2.75, 3.05) is 6.16 Å². The van der Waals surface area contributed by atoms with E-state index in [1.807, 2.05) is 0 Å². The highest BCUT2D eigenvalue weighted by molar-refractivity contribution is 7.60. The fourth-order valence-electron chi connectivity index (χ4n) is 3.47. The van der Waals surface area contributed by atoms with Crippen molar-refractivity contribution in [3.05, 3.63) is 0 Å². The maximum absolute atomic E-state index is 2.49. The summed E-state index contributed by atoms with van der Waals surface area (Å²) >= 11 is 0. The average Bonchev–Trinajstić information content (AvgIpc) is 2.31. The second kappa shape index (κ2) is 8.52. The van der Waals surface area contributed by atoms with Crippen LogP contribution in [0.2, 0.25) is 0 Å². The molecule has 1 saturated heterocycles. The predicted octanol–water partition coefficient (Wildman–Crippen LogP) is 6.04. The second-order valence-corrected chi connectivity index (χ2v) is 9.09. The fraction of sp³-hybridized carbons (Fsp3) is 1.00. The zero-order chi connectivity index (χ0) is 12.7. The number of unbranched alkanes of at least 4 members (excludes halogenated alkanes) is 3. The summed E-state index contributed by atoms with van der Waals surface area (Å²) in [4.78, 5) is 0. The Morgan fingerprint density at radius 2 is 1.65 bits per heavy atom. The highest BCUT2D eigenvalue weighted by atomic mass is 31.1. The summed E-state index contributed by atoms with van der Waals surface area (Å²) in [5, 5.41) is 0. The second-order valence-electron chi connectivity index (χ2n) is 5.88. The Labute approximate surface area is 111 Å². The third kappa shape index (κ3) is 4.55. The van der Waals surface area contributed by atoms with E-state index in [0.717, 1.165) is 17.2 Å². The first-order valence-corrected chi connectivity index (χ1v) is 9.66. The van der Waals surface area contributed by atoms with E-state index in [4.69, 9.17) is 0 Å². The molecule has 1 aliphatic heterocycles. The molecule has 0 aliphatic carbocycles. The Morgan fingerprint density at radius 3 is 2.18 bits per heavy atom. The summed E-state index contributed by atoms with van der Waals surface area (Å²) in [5.41, 5.74) is 2.23. The third-order valence-electron chi connectivity index (χ3n) is 4.59. The van der Waals surface area contributed by atoms with Gasteiger partial charge in [0.2, 0.25) is 0 Å². The molecular weight excluding hydrogens is 223 g/mol. The van der Waals surface area contributed by atoms with Crippen molar-refractivity contribution in [2.24, 2.45) is 5.92 Å². The first-order valence-electron chi connectivity index (χ1n) is 8.00. The molecule has 4 unspecified atom stereocenters. The predicted molar refractivity (Wildman–Crippen MR) is 82.5 cm³/mol. The van der Waals surface area contributed by atoms with Gasteiger partial charge in [-0.15, -0.1) is 7.92 Å². The lowest BCUT2D eigenvalue weighted by Crippen LogP contribution is -2.35. The van der Waals surface area contributed by atoms with Crippen molar-refractivity contribution in [3.63, 3.8) is 0 Å². The van der Waals surface area contributed by atoms with Crippen molar-refractivity contribution in [1.82, 2.24) is 0 Å². The Morgan fingerprint density at radius 1 is 1.00 bits per heavy atom. The van der Waals surface area contributed by atoms with Crippen LogP contribution in [0.5, 0.6) is 0 Å². The van der Waals surface area contributed by atoms with E-state index in [9.17, 15) is 0 Å². The summed E-state index contributed by atoms with van der Waals surface area (Å²) < 4.78 is 0. The molecule has 1 fully saturated rings. The summed E-state index contributed by atoms with van der Waals surface area (Å²) in [6, 6.07) is 0. The van der Waals surface area contributed by atoms with Gasteiger partial charge < -0.3 is 0 Å². The summed E-state index contributed by atoms with van der Waals surface area (Å²) in [6.07, 6.45) is 13.3. The minimum absolute atomic E-state index is 0.403. The Bertz CT molecular complexity index is 190. The molecule has 0 saturated carbocycles. The van der Waals surface area contributed by atoms with E-state index < -0.39 is 0 Å². The lowest BCUT2D eigenvalue weighted by atomic mass is 9.89. The van der Waals surface area contributed by atoms with E-state index in [-0.39, 0.29) is 0 Å². The Kier molecular flexibility index (Phi) is 7.76. The molecule has 0 aromatic carbocycles. The van der Waals surface area contributed by atoms with Gasteiger partial charge >= 0.3 is 0 Å². The van der Waals surface area contributed by atoms with E-state index in [0.29, 0.717) is 7.92 Å². The molecule has 1 heterocycles. The first kappa shape index (κ1) is 15.5. The van der Waals surface area contributed by atoms with Crippen LogP contribution in [0.25, 0.3) is 0 Å². The van der Waals surface area contributed by atoms with Crippen LogP contribution < -0.4 is 0 Å². The van der Waals surface area contributed by atoms with Crippen molar-refractivity contribution >= 4 is 7.92 Å². The van der Waals surface area contributed by atoms with Crippen LogP contribution in [0.3, 0.4) is 0 Å². The van der Waals surface area contributed by atoms with Crippen LogP contribution in [0.4, 0.5) is 0 Å². The van der Waals surface area contributed by atoms with Gasteiger partial charge in [0.15, 0.2) is 0 Å². The van der Waals surface area contributed by atoms with Crippen LogP contribution in [-0.4, -0.2) is 17.5 Å². The summed E-state index contributed by atoms with van der Waals surface area (Å²) in [5.74, 6) is 1.09. The maximum Gasteiger partial charge on any atom is -0.0173 e. The molecular formula is C16H33P. The normalized spacial score (nSPS) is 30.0.